The lowest BCUT2D eigenvalue weighted by Crippen LogP contribution is -1.90. The van der Waals surface area contributed by atoms with Crippen LogP contribution in [0.1, 0.15) is 23.6 Å². The number of nitrogens with zero attached hydrogens (tertiary/aromatic N) is 2. The van der Waals surface area contributed by atoms with Crippen molar-refractivity contribution in [3.05, 3.63) is 59.2 Å². The van der Waals surface area contributed by atoms with E-state index in [1.54, 1.807) is 12.1 Å². The number of aryl methyl sites for hydroxylation is 1. The fourth-order valence-corrected chi connectivity index (χ4v) is 2.19. The third-order valence-corrected chi connectivity index (χ3v) is 3.11. The average molecular weight is 278 g/mol. The molecule has 4 heteroatoms. The average Bonchev–Trinajstić information content (AvgIpc) is 2.48. The molecule has 0 amide bonds. The maximum absolute atomic E-state index is 10.4. The molecule has 0 atom stereocenters. The van der Waals surface area contributed by atoms with Crippen molar-refractivity contribution in [2.24, 2.45) is 9.98 Å². The van der Waals surface area contributed by atoms with Crippen molar-refractivity contribution in [3.8, 4) is 0 Å². The summed E-state index contributed by atoms with van der Waals surface area (Å²) >= 11 is 0. The number of carbonyl (C=O) groups excluding carboxylic acids is 2. The molecular weight excluding hydrogens is 264 g/mol. The Balaban J connectivity index is 2.34. The molecule has 0 heterocycles. The van der Waals surface area contributed by atoms with E-state index in [0.717, 1.165) is 23.1 Å². The Labute approximate surface area is 122 Å². The molecule has 0 aliphatic carbocycles. The SMILES string of the molecule is CCc1cc(Cc2cccc(N=C=O)c2)cc(N=C=O)c1. The highest BCUT2D eigenvalue weighted by atomic mass is 16.1. The molecule has 0 saturated heterocycles. The van der Waals surface area contributed by atoms with E-state index in [4.69, 9.17) is 0 Å². The second-order valence-corrected chi connectivity index (χ2v) is 4.61. The van der Waals surface area contributed by atoms with Gasteiger partial charge in [-0.25, -0.2) is 9.59 Å². The first kappa shape index (κ1) is 14.6. The third kappa shape index (κ3) is 4.08. The second kappa shape index (κ2) is 7.11. The Hall–Kier alpha value is -2.80. The first-order chi connectivity index (χ1) is 10.2. The lowest BCUT2D eigenvalue weighted by atomic mass is 10.0. The molecule has 2 aromatic rings. The van der Waals surface area contributed by atoms with Crippen LogP contribution in [0.4, 0.5) is 11.4 Å². The predicted octanol–water partition coefficient (Wildman–Crippen LogP) is 3.77. The highest BCUT2D eigenvalue weighted by Crippen LogP contribution is 2.22. The zero-order valence-electron chi connectivity index (χ0n) is 11.7. The van der Waals surface area contributed by atoms with Gasteiger partial charge in [-0.05, 0) is 53.8 Å². The molecule has 2 rings (SSSR count). The van der Waals surface area contributed by atoms with Gasteiger partial charge in [0, 0.05) is 0 Å². The van der Waals surface area contributed by atoms with Crippen LogP contribution >= 0.6 is 0 Å². The van der Waals surface area contributed by atoms with Crippen LogP contribution in [0.15, 0.2) is 52.4 Å². The fourth-order valence-electron chi connectivity index (χ4n) is 2.19. The molecule has 21 heavy (non-hydrogen) atoms. The molecule has 0 radical (unpaired) electrons. The summed E-state index contributed by atoms with van der Waals surface area (Å²) in [5, 5.41) is 0. The molecule has 0 saturated carbocycles. The normalized spacial score (nSPS) is 9.57. The lowest BCUT2D eigenvalue weighted by Gasteiger charge is -2.06. The molecule has 2 aromatic carbocycles. The van der Waals surface area contributed by atoms with E-state index in [1.165, 1.54) is 6.08 Å². The van der Waals surface area contributed by atoms with E-state index in [9.17, 15) is 9.59 Å². The highest BCUT2D eigenvalue weighted by molar-refractivity contribution is 5.53. The zero-order chi connectivity index (χ0) is 15.1. The summed E-state index contributed by atoms with van der Waals surface area (Å²) in [5.41, 5.74) is 4.39. The summed E-state index contributed by atoms with van der Waals surface area (Å²) in [6.07, 6.45) is 4.65. The molecule has 0 fully saturated rings. The first-order valence-corrected chi connectivity index (χ1v) is 6.62. The van der Waals surface area contributed by atoms with E-state index in [0.29, 0.717) is 17.8 Å². The van der Waals surface area contributed by atoms with Crippen LogP contribution in [-0.2, 0) is 22.4 Å². The van der Waals surface area contributed by atoms with Gasteiger partial charge in [-0.3, -0.25) is 0 Å². The van der Waals surface area contributed by atoms with Crippen LogP contribution in [0.25, 0.3) is 0 Å². The Morgan fingerprint density at radius 2 is 1.52 bits per heavy atom. The number of hydrogen-bond acceptors (Lipinski definition) is 4. The summed E-state index contributed by atoms with van der Waals surface area (Å²) in [6, 6.07) is 13.2. The van der Waals surface area contributed by atoms with E-state index in [1.807, 2.05) is 37.3 Å². The number of rotatable bonds is 5. The van der Waals surface area contributed by atoms with E-state index < -0.39 is 0 Å². The fraction of sp³-hybridized carbons (Fsp3) is 0.176. The molecule has 0 aromatic heterocycles. The van der Waals surface area contributed by atoms with Gasteiger partial charge in [0.2, 0.25) is 12.2 Å². The largest absolute Gasteiger partial charge is 0.240 e. The molecule has 0 bridgehead atoms. The minimum absolute atomic E-state index is 0.584. The van der Waals surface area contributed by atoms with Gasteiger partial charge in [-0.1, -0.05) is 25.1 Å². The van der Waals surface area contributed by atoms with Gasteiger partial charge in [0.25, 0.3) is 0 Å². The van der Waals surface area contributed by atoms with Gasteiger partial charge in [-0.2, -0.15) is 9.98 Å². The smallest absolute Gasteiger partial charge is 0.211 e. The molecule has 0 N–H and O–H groups in total. The van der Waals surface area contributed by atoms with Crippen molar-refractivity contribution in [3.63, 3.8) is 0 Å². The molecular formula is C17H14N2O2. The van der Waals surface area contributed by atoms with E-state index in [-0.39, 0.29) is 0 Å². The number of benzene rings is 2. The van der Waals surface area contributed by atoms with Gasteiger partial charge >= 0.3 is 0 Å². The van der Waals surface area contributed by atoms with Crippen LogP contribution in [0.5, 0.6) is 0 Å². The summed E-state index contributed by atoms with van der Waals surface area (Å²) < 4.78 is 0. The van der Waals surface area contributed by atoms with Crippen LogP contribution in [0, 0.1) is 0 Å². The summed E-state index contributed by atoms with van der Waals surface area (Å²) in [5.74, 6) is 0. The van der Waals surface area contributed by atoms with Crippen molar-refractivity contribution < 1.29 is 9.59 Å². The van der Waals surface area contributed by atoms with E-state index >= 15 is 0 Å². The van der Waals surface area contributed by atoms with Gasteiger partial charge in [0.15, 0.2) is 0 Å². The van der Waals surface area contributed by atoms with Crippen molar-refractivity contribution in [1.82, 2.24) is 0 Å². The summed E-state index contributed by atoms with van der Waals surface area (Å²) in [6.45, 7) is 2.05. The lowest BCUT2D eigenvalue weighted by molar-refractivity contribution is 0.564. The summed E-state index contributed by atoms with van der Waals surface area (Å²) in [7, 11) is 0. The molecule has 104 valence electrons. The van der Waals surface area contributed by atoms with Gasteiger partial charge < -0.3 is 0 Å². The molecule has 4 nitrogen and oxygen atoms in total. The minimum Gasteiger partial charge on any atom is -0.211 e. The minimum atomic E-state index is 0.584. The topological polar surface area (TPSA) is 58.9 Å². The standard InChI is InChI=1S/C17H14N2O2/c1-2-13-6-15(10-17(8-13)19-12-21)7-14-4-3-5-16(9-14)18-11-20/h3-6,8-10H,2,7H2,1H3. The van der Waals surface area contributed by atoms with Crippen LogP contribution in [-0.4, -0.2) is 12.2 Å². The molecule has 0 unspecified atom stereocenters. The second-order valence-electron chi connectivity index (χ2n) is 4.61. The molecule has 0 spiro atoms. The van der Waals surface area contributed by atoms with Crippen LogP contribution in [0.2, 0.25) is 0 Å². The number of hydrogen-bond donors (Lipinski definition) is 0. The molecule has 0 aliphatic heterocycles. The molecule has 0 aliphatic rings. The monoisotopic (exact) mass is 278 g/mol. The van der Waals surface area contributed by atoms with Crippen molar-refractivity contribution in [1.29, 1.82) is 0 Å². The number of aliphatic imine (C=N–C) groups is 2. The Bertz CT molecular complexity index is 740. The maximum Gasteiger partial charge on any atom is 0.240 e. The Kier molecular flexibility index (Phi) is 4.94. The predicted molar refractivity (Wildman–Crippen MR) is 80.6 cm³/mol. The van der Waals surface area contributed by atoms with Crippen molar-refractivity contribution >= 4 is 23.5 Å². The Morgan fingerprint density at radius 1 is 0.857 bits per heavy atom. The first-order valence-electron chi connectivity index (χ1n) is 6.62. The third-order valence-electron chi connectivity index (χ3n) is 3.11. The van der Waals surface area contributed by atoms with Crippen molar-refractivity contribution in [2.75, 3.05) is 0 Å². The quantitative estimate of drug-likeness (QED) is 0.617. The number of isocyanates is 2. The zero-order valence-corrected chi connectivity index (χ0v) is 11.7. The van der Waals surface area contributed by atoms with Crippen molar-refractivity contribution in [2.45, 2.75) is 19.8 Å². The van der Waals surface area contributed by atoms with E-state index in [2.05, 4.69) is 16.1 Å². The van der Waals surface area contributed by atoms with Gasteiger partial charge in [0.05, 0.1) is 11.4 Å². The van der Waals surface area contributed by atoms with Gasteiger partial charge in [-0.15, -0.1) is 0 Å². The summed E-state index contributed by atoms with van der Waals surface area (Å²) in [4.78, 5) is 28.0. The van der Waals surface area contributed by atoms with Crippen LogP contribution in [0.3, 0.4) is 0 Å². The Morgan fingerprint density at radius 3 is 2.24 bits per heavy atom. The highest BCUT2D eigenvalue weighted by Gasteiger charge is 2.02. The maximum atomic E-state index is 10.4. The van der Waals surface area contributed by atoms with Crippen LogP contribution < -0.4 is 0 Å². The van der Waals surface area contributed by atoms with Gasteiger partial charge in [0.1, 0.15) is 0 Å².